The number of ether oxygens (including phenoxy) is 23. The molecule has 866 valence electrons. The van der Waals surface area contributed by atoms with E-state index in [9.17, 15) is 187 Å². The van der Waals surface area contributed by atoms with Gasteiger partial charge in [-0.3, -0.25) is 33.6 Å². The number of halogens is 1. The summed E-state index contributed by atoms with van der Waals surface area (Å²) in [5.74, 6) is -11.9. The van der Waals surface area contributed by atoms with E-state index in [4.69, 9.17) is 109 Å². The van der Waals surface area contributed by atoms with Crippen LogP contribution in [0.1, 0.15) is 60.8 Å². The summed E-state index contributed by atoms with van der Waals surface area (Å²) in [6.07, 6.45) is -107. The van der Waals surface area contributed by atoms with Gasteiger partial charge in [-0.05, 0) is 0 Å². The fourth-order valence-electron chi connectivity index (χ4n) is 19.4. The quantitative estimate of drug-likeness (QED) is 0.0153. The molecule has 11 aliphatic rings. The number of hydrogen-bond acceptors (Lipinski definition) is 60. The van der Waals surface area contributed by atoms with Crippen molar-refractivity contribution in [2.75, 3.05) is 78.0 Å². The molecule has 11 rings (SSSR count). The Balaban J connectivity index is 0.895. The lowest BCUT2D eigenvalue weighted by Crippen LogP contribution is -2.71. The highest BCUT2D eigenvalue weighted by Gasteiger charge is 2.64. The number of hydrogen-bond donors (Lipinski definition) is 34. The van der Waals surface area contributed by atoms with E-state index in [2.05, 4.69) is 37.2 Å². The van der Waals surface area contributed by atoms with Gasteiger partial charge in [-0.2, -0.15) is 0 Å². The van der Waals surface area contributed by atoms with Gasteiger partial charge in [-0.15, -0.1) is 0 Å². The number of amides is 4. The number of aliphatic hydroxyl groups is 30. The molecule has 65 heteroatoms. The molecule has 0 aromatic carbocycles. The first-order valence-electron chi connectivity index (χ1n) is 47.9. The Bertz CT molecular complexity index is 4230. The summed E-state index contributed by atoms with van der Waals surface area (Å²) in [6, 6.07) is -7.71. The molecule has 0 spiro atoms. The number of carbonyl (C=O) groups is 7. The molecule has 11 heterocycles. The van der Waals surface area contributed by atoms with Gasteiger partial charge < -0.3 is 283 Å². The van der Waals surface area contributed by atoms with E-state index in [1.807, 2.05) is 0 Å². The monoisotopic (exact) mass is 2250 g/mol. The molecule has 0 bridgehead atoms. The number of aliphatic hydroxyl groups excluding tert-OH is 30. The van der Waals surface area contributed by atoms with Gasteiger partial charge in [0.1, 0.15) is 244 Å². The highest BCUT2D eigenvalue weighted by Crippen LogP contribution is 2.45. The van der Waals surface area contributed by atoms with Crippen molar-refractivity contribution in [3.63, 3.8) is 0 Å². The van der Waals surface area contributed by atoms with Crippen molar-refractivity contribution in [3.8, 4) is 0 Å². The second-order valence-electron chi connectivity index (χ2n) is 38.1. The second kappa shape index (κ2) is 55.1. The van der Waals surface area contributed by atoms with Crippen LogP contribution in [0, 0.1) is 11.8 Å². The van der Waals surface area contributed by atoms with Gasteiger partial charge >= 0.3 is 11.9 Å². The molecule has 57 atom stereocenters. The van der Waals surface area contributed by atoms with Crippen LogP contribution in [0.3, 0.4) is 0 Å². The van der Waals surface area contributed by atoms with Crippen molar-refractivity contribution < 1.29 is 296 Å². The molecule has 11 aliphatic heterocycles. The van der Waals surface area contributed by atoms with Gasteiger partial charge in [0.15, 0.2) is 50.3 Å². The van der Waals surface area contributed by atoms with E-state index in [0.717, 1.165) is 27.7 Å². The van der Waals surface area contributed by atoms with Crippen molar-refractivity contribution >= 4 is 58.3 Å². The summed E-state index contributed by atoms with van der Waals surface area (Å²) in [5, 5.41) is 349. The fraction of sp³-hybridized carbons (Fsp3) is 0.918. The molecule has 150 heavy (non-hydrogen) atoms. The van der Waals surface area contributed by atoms with Gasteiger partial charge in [0.05, 0.1) is 127 Å². The first kappa shape index (κ1) is 125. The molecule has 0 aromatic rings. The molecular formula is C85H139BrN4O60. The Morgan fingerprint density at radius 1 is 0.327 bits per heavy atom. The SMILES string of the molecule is CC(=O)NC1C(O)[C@H](O[C@@H]2OC(CO[C@]3(OC=O)C[C@@H](O)[C@@H](C)C([C@H](O)C(O)CO)O3)[C@H](O)[C@H](O)C2O)[C@H](CO)O[C@H]1OC1[C@@H](OCC2O[C@@H](O[C@@H]3C(CO)O[C@@H](O[C@@H]4C(CO)O[C@@H](CC(=O)CBr)C(NC(C)=O)[C@H]4O)C(NC(C)=O)[C@H]3O)C(O)[C@@H](O[C@H]3OC(CO)[C@@H](O)C(O)C3O[C@@H]3OC(CO)[C@@H](O[C@@H]4OC(CO[C@]5(OC=O)C[C@@H](O)[C@@H](C)C([C@H](O)C(O)CO)O5)C(O)[C@H](O)C4O)[C@H](O)C3NC(C)=O)[C@@H]2O)OC(CO)[C@@H](O)[C@@H]1O. The minimum atomic E-state index is -2.70. The fourth-order valence-corrected chi connectivity index (χ4v) is 19.7. The molecule has 64 nitrogen and oxygen atoms in total. The zero-order valence-corrected chi connectivity index (χ0v) is 82.6. The zero-order chi connectivity index (χ0) is 111. The molecule has 0 radical (unpaired) electrons. The molecule has 0 saturated carbocycles. The van der Waals surface area contributed by atoms with Crippen LogP contribution in [0.4, 0.5) is 0 Å². The molecule has 4 amide bonds. The molecule has 0 aromatic heterocycles. The van der Waals surface area contributed by atoms with Crippen LogP contribution in [0.15, 0.2) is 0 Å². The van der Waals surface area contributed by atoms with Crippen molar-refractivity contribution in [2.45, 2.75) is 398 Å². The molecular weight excluding hydrogens is 2120 g/mol. The van der Waals surface area contributed by atoms with E-state index < -0.39 is 470 Å². The Kier molecular flexibility index (Phi) is 46.0. The predicted octanol–water partition coefficient (Wildman–Crippen LogP) is -21.9. The number of ketones is 1. The molecule has 11 saturated heterocycles. The highest BCUT2D eigenvalue weighted by molar-refractivity contribution is 9.09. The van der Waals surface area contributed by atoms with Gasteiger partial charge in [0.2, 0.25) is 23.6 Å². The van der Waals surface area contributed by atoms with Crippen LogP contribution in [0.2, 0.25) is 0 Å². The van der Waals surface area contributed by atoms with E-state index >= 15 is 0 Å². The minimum Gasteiger partial charge on any atom is -0.410 e. The van der Waals surface area contributed by atoms with Crippen LogP contribution in [0.25, 0.3) is 0 Å². The van der Waals surface area contributed by atoms with E-state index in [-0.39, 0.29) is 18.3 Å². The van der Waals surface area contributed by atoms with Crippen LogP contribution in [0.5, 0.6) is 0 Å². The van der Waals surface area contributed by atoms with Crippen molar-refractivity contribution in [1.29, 1.82) is 0 Å². The average Bonchev–Trinajstić information content (AvgIpc) is 0.762. The first-order valence-corrected chi connectivity index (χ1v) is 49.0. The van der Waals surface area contributed by atoms with Crippen LogP contribution in [-0.4, -0.2) is 610 Å². The van der Waals surface area contributed by atoms with Crippen LogP contribution >= 0.6 is 15.9 Å². The largest absolute Gasteiger partial charge is 0.410 e. The molecule has 34 N–H and O–H groups in total. The lowest BCUT2D eigenvalue weighted by Gasteiger charge is -2.51. The van der Waals surface area contributed by atoms with Crippen LogP contribution in [-0.2, 0) is 143 Å². The highest BCUT2D eigenvalue weighted by atomic mass is 79.9. The Morgan fingerprint density at radius 2 is 0.620 bits per heavy atom. The zero-order valence-electron chi connectivity index (χ0n) is 81.1. The summed E-state index contributed by atoms with van der Waals surface area (Å²) in [6.45, 7) is -6.79. The van der Waals surface area contributed by atoms with Crippen LogP contribution < -0.4 is 21.3 Å². The summed E-state index contributed by atoms with van der Waals surface area (Å²) in [7, 11) is 0. The van der Waals surface area contributed by atoms with Crippen molar-refractivity contribution in [1.82, 2.24) is 21.3 Å². The summed E-state index contributed by atoms with van der Waals surface area (Å²) in [4.78, 5) is 89.2. The Hall–Kier alpha value is -5.07. The smallest absolute Gasteiger partial charge is 0.332 e. The third-order valence-corrected chi connectivity index (χ3v) is 28.4. The van der Waals surface area contributed by atoms with E-state index in [1.165, 1.54) is 13.8 Å². The average molecular weight is 2260 g/mol. The topological polar surface area (TPSA) is 987 Å². The Labute approximate surface area is 859 Å². The van der Waals surface area contributed by atoms with Gasteiger partial charge in [0.25, 0.3) is 12.9 Å². The standard InChI is InChI=1S/C85H139BrN4O60/c1-24-31(106)8-84(131-22-99,149-67(24)49(110)33(108)11-91)129-20-43-53(114)60(121)64(125)79(140-43)143-70-39(16-96)137-77(47(58(70)119)89-28(5)103)147-74-62(123)51(112)36(13-93)134-82(74)128-19-42-55(116)73(66(127)81(139-42)145-72-41(18-98)136-76(46(57(72)118)88-27(4)102)142-69-38(15-95)133-35(7-30(105)10-86)45(56(69)117)87-26(3)101)146-83-75(63(124)52(113)37(14-94)135-83)148-78-48(90-29(6)104)59(120)71(40(17-97)138-78)144-80-65(126)61(122)54(115)44(141-80)21-130-85(132-23-100)9-32(107)25(2)68(150-85)50(111)34(109)12-92/h22-25,31-83,91-98,106-127H,7-21H2,1-6H3,(H,87,101)(H,88,102)(H,89,103)(H,90,104)/t24-,25-,31-,32-,33?,34?,35+,36?,37?,38?,39+,40?,41?,42?,43?,44?,45?,46?,47?,48?,49-,50-,51-,52-,53+,54?,55-,56-,57-,58?,59-,60+,61+,62+,63?,64?,65?,66?,67?,68?,69-,70-,71-,72-,73+,74?,75?,76+,77+,78+,79+,80+,81+,82+,83-,84+,85+/m1/s1. The number of rotatable bonds is 46. The normalized spacial score (nSPS) is 46.5. The number of Topliss-reactive ketones (excluding diaryl/α,β-unsaturated/α-hetero) is 1. The number of nitrogens with one attached hydrogen (secondary N) is 4. The Morgan fingerprint density at radius 3 is 0.967 bits per heavy atom. The maximum Gasteiger partial charge on any atom is 0.332 e. The van der Waals surface area contributed by atoms with Crippen molar-refractivity contribution in [2.24, 2.45) is 11.8 Å². The molecule has 11 fully saturated rings. The van der Waals surface area contributed by atoms with Crippen molar-refractivity contribution in [3.05, 3.63) is 0 Å². The molecule has 0 aliphatic carbocycles. The lowest BCUT2D eigenvalue weighted by atomic mass is 9.87. The van der Waals surface area contributed by atoms with E-state index in [0.29, 0.717) is 0 Å². The number of alkyl halides is 1. The first-order chi connectivity index (χ1) is 70.9. The molecule has 24 unspecified atom stereocenters. The van der Waals surface area contributed by atoms with Gasteiger partial charge in [0, 0.05) is 46.0 Å². The maximum absolute atomic E-state index is 13.3. The van der Waals surface area contributed by atoms with Gasteiger partial charge in [-0.25, -0.2) is 0 Å². The summed E-state index contributed by atoms with van der Waals surface area (Å²) >= 11 is 3.04. The third kappa shape index (κ3) is 28.5. The summed E-state index contributed by atoms with van der Waals surface area (Å²) in [5.41, 5.74) is 0. The summed E-state index contributed by atoms with van der Waals surface area (Å²) < 4.78 is 137. The number of carbonyl (C=O) groups excluding carboxylic acids is 7. The lowest BCUT2D eigenvalue weighted by molar-refractivity contribution is -0.424. The van der Waals surface area contributed by atoms with Gasteiger partial charge in [-0.1, -0.05) is 29.8 Å². The maximum atomic E-state index is 13.3. The van der Waals surface area contributed by atoms with E-state index in [1.54, 1.807) is 0 Å². The minimum absolute atomic E-state index is 0.206. The predicted molar refractivity (Wildman–Crippen MR) is 470 cm³/mol. The third-order valence-electron chi connectivity index (χ3n) is 27.7. The second-order valence-corrected chi connectivity index (χ2v) is 38.7.